The van der Waals surface area contributed by atoms with Crippen molar-refractivity contribution >= 4 is 16.1 Å². The first-order chi connectivity index (χ1) is 8.29. The van der Waals surface area contributed by atoms with Crippen LogP contribution in [0, 0.1) is 0 Å². The molecule has 0 aliphatic carbocycles. The van der Waals surface area contributed by atoms with Crippen molar-refractivity contribution in [3.05, 3.63) is 0 Å². The Kier molecular flexibility index (Phi) is 6.58. The van der Waals surface area contributed by atoms with Crippen LogP contribution in [-0.4, -0.2) is 42.1 Å². The fraction of sp³-hybridized carbons (Fsp3) is 1.00. The van der Waals surface area contributed by atoms with Gasteiger partial charge in [0.15, 0.2) is 0 Å². The van der Waals surface area contributed by atoms with Crippen LogP contribution >= 0.6 is 0 Å². The zero-order chi connectivity index (χ0) is 13.6. The summed E-state index contributed by atoms with van der Waals surface area (Å²) in [5.74, 6) is 0. The second-order valence-electron chi connectivity index (χ2n) is 7.68. The van der Waals surface area contributed by atoms with Gasteiger partial charge in [0.25, 0.3) is 0 Å². The van der Waals surface area contributed by atoms with Gasteiger partial charge < -0.3 is 9.47 Å². The Bertz CT molecular complexity index is 232. The highest BCUT2D eigenvalue weighted by Gasteiger charge is 2.24. The summed E-state index contributed by atoms with van der Waals surface area (Å²) in [7, 11) is -1.81. The topological polar surface area (TPSA) is 18.5 Å². The number of ether oxygens (including phenoxy) is 2. The van der Waals surface area contributed by atoms with Gasteiger partial charge in [-0.3, -0.25) is 0 Å². The van der Waals surface area contributed by atoms with E-state index in [0.29, 0.717) is 6.10 Å². The summed E-state index contributed by atoms with van der Waals surface area (Å²) in [6.07, 6.45) is 2.84. The minimum Gasteiger partial charge on any atom is -0.379 e. The van der Waals surface area contributed by atoms with E-state index in [9.17, 15) is 0 Å². The summed E-state index contributed by atoms with van der Waals surface area (Å²) >= 11 is 0. The molecule has 0 aromatic rings. The van der Waals surface area contributed by atoms with Gasteiger partial charge in [-0.25, -0.2) is 0 Å². The van der Waals surface area contributed by atoms with E-state index in [4.69, 9.17) is 9.47 Å². The zero-order valence-corrected chi connectivity index (χ0v) is 15.1. The molecule has 0 saturated carbocycles. The Labute approximate surface area is 115 Å². The molecule has 1 aliphatic heterocycles. The lowest BCUT2D eigenvalue weighted by Crippen LogP contribution is -2.32. The van der Waals surface area contributed by atoms with Crippen molar-refractivity contribution in [1.82, 2.24) is 0 Å². The SMILES string of the molecule is C[Si](C)(C)CC[Si](C)(C)CCCOCC1CCO1. The smallest absolute Gasteiger partial charge is 0.0830 e. The van der Waals surface area contributed by atoms with Crippen LogP contribution in [0.4, 0.5) is 0 Å². The molecule has 2 nitrogen and oxygen atoms in total. The van der Waals surface area contributed by atoms with Gasteiger partial charge in [0.1, 0.15) is 0 Å². The standard InChI is InChI=1S/C14H32O2Si2/c1-17(2,3)11-12-18(4,5)10-6-8-15-13-14-7-9-16-14/h14H,6-13H2,1-5H3. The molecule has 0 bridgehead atoms. The van der Waals surface area contributed by atoms with Gasteiger partial charge >= 0.3 is 0 Å². The highest BCUT2D eigenvalue weighted by molar-refractivity contribution is 6.82. The third kappa shape index (κ3) is 7.72. The first kappa shape index (κ1) is 16.4. The van der Waals surface area contributed by atoms with Crippen LogP contribution in [-0.2, 0) is 9.47 Å². The normalized spacial score (nSPS) is 20.8. The lowest BCUT2D eigenvalue weighted by atomic mass is 10.2. The van der Waals surface area contributed by atoms with E-state index >= 15 is 0 Å². The number of rotatable bonds is 9. The van der Waals surface area contributed by atoms with Crippen molar-refractivity contribution in [3.8, 4) is 0 Å². The van der Waals surface area contributed by atoms with Crippen LogP contribution in [0.3, 0.4) is 0 Å². The van der Waals surface area contributed by atoms with E-state index in [1.807, 2.05) is 0 Å². The number of hydrogen-bond donors (Lipinski definition) is 0. The Balaban J connectivity index is 2.01. The second-order valence-corrected chi connectivity index (χ2v) is 18.6. The van der Waals surface area contributed by atoms with E-state index in [1.54, 1.807) is 0 Å². The van der Waals surface area contributed by atoms with E-state index in [2.05, 4.69) is 32.7 Å². The van der Waals surface area contributed by atoms with E-state index in [-0.39, 0.29) is 0 Å². The Morgan fingerprint density at radius 2 is 1.72 bits per heavy atom. The molecule has 4 heteroatoms. The molecule has 1 unspecified atom stereocenters. The molecule has 0 spiro atoms. The molecule has 0 N–H and O–H groups in total. The molecule has 1 atom stereocenters. The molecule has 108 valence electrons. The maximum atomic E-state index is 5.68. The molecule has 1 aliphatic rings. The monoisotopic (exact) mass is 288 g/mol. The summed E-state index contributed by atoms with van der Waals surface area (Å²) in [5.41, 5.74) is 0. The molecule has 0 amide bonds. The lowest BCUT2D eigenvalue weighted by molar-refractivity contribution is -0.0935. The van der Waals surface area contributed by atoms with Gasteiger partial charge in [-0.05, 0) is 12.8 Å². The third-order valence-corrected chi connectivity index (χ3v) is 9.35. The highest BCUT2D eigenvalue weighted by Crippen LogP contribution is 2.24. The van der Waals surface area contributed by atoms with Gasteiger partial charge in [-0.1, -0.05) is 50.9 Å². The predicted octanol–water partition coefficient (Wildman–Crippen LogP) is 4.23. The lowest BCUT2D eigenvalue weighted by Gasteiger charge is -2.27. The largest absolute Gasteiger partial charge is 0.379 e. The zero-order valence-electron chi connectivity index (χ0n) is 13.1. The maximum absolute atomic E-state index is 5.68. The molecule has 0 radical (unpaired) electrons. The molecule has 0 aromatic heterocycles. The summed E-state index contributed by atoms with van der Waals surface area (Å²) in [6.45, 7) is 15.2. The molecule has 1 saturated heterocycles. The fourth-order valence-corrected chi connectivity index (χ4v) is 9.18. The number of hydrogen-bond acceptors (Lipinski definition) is 2. The predicted molar refractivity (Wildman–Crippen MR) is 85.0 cm³/mol. The van der Waals surface area contributed by atoms with Gasteiger partial charge in [0, 0.05) is 29.4 Å². The minimum absolute atomic E-state index is 0.405. The van der Waals surface area contributed by atoms with Gasteiger partial charge in [-0.2, -0.15) is 0 Å². The molecule has 1 fully saturated rings. The van der Waals surface area contributed by atoms with Crippen LogP contribution in [0.15, 0.2) is 0 Å². The minimum atomic E-state index is -0.961. The summed E-state index contributed by atoms with van der Waals surface area (Å²) in [5, 5.41) is 0. The second kappa shape index (κ2) is 7.22. The van der Waals surface area contributed by atoms with Crippen LogP contribution in [0.25, 0.3) is 0 Å². The van der Waals surface area contributed by atoms with Crippen molar-refractivity contribution in [2.75, 3.05) is 19.8 Å². The Hall–Kier alpha value is 0.354. The molecule has 1 rings (SSSR count). The van der Waals surface area contributed by atoms with Crippen LogP contribution in [0.1, 0.15) is 12.8 Å². The molecule has 1 heterocycles. The first-order valence-electron chi connectivity index (χ1n) is 7.48. The quantitative estimate of drug-likeness (QED) is 0.467. The average molecular weight is 289 g/mol. The first-order valence-corrected chi connectivity index (χ1v) is 14.6. The highest BCUT2D eigenvalue weighted by atomic mass is 28.3. The van der Waals surface area contributed by atoms with E-state index in [1.165, 1.54) is 31.0 Å². The fourth-order valence-electron chi connectivity index (χ4n) is 2.12. The van der Waals surface area contributed by atoms with Crippen LogP contribution < -0.4 is 0 Å². The summed E-state index contributed by atoms with van der Waals surface area (Å²) in [6, 6.07) is 4.43. The van der Waals surface area contributed by atoms with Crippen LogP contribution in [0.2, 0.25) is 50.9 Å². The third-order valence-electron chi connectivity index (χ3n) is 3.79. The van der Waals surface area contributed by atoms with Gasteiger partial charge in [0.05, 0.1) is 12.7 Å². The van der Waals surface area contributed by atoms with E-state index < -0.39 is 16.1 Å². The van der Waals surface area contributed by atoms with Crippen LogP contribution in [0.5, 0.6) is 0 Å². The Morgan fingerprint density at radius 3 is 2.22 bits per heavy atom. The molecular weight excluding hydrogens is 256 g/mol. The van der Waals surface area contributed by atoms with Crippen molar-refractivity contribution in [1.29, 1.82) is 0 Å². The molecular formula is C14H32O2Si2. The van der Waals surface area contributed by atoms with E-state index in [0.717, 1.165) is 19.8 Å². The molecule has 0 aromatic carbocycles. The van der Waals surface area contributed by atoms with Gasteiger partial charge in [0.2, 0.25) is 0 Å². The maximum Gasteiger partial charge on any atom is 0.0830 e. The van der Waals surface area contributed by atoms with Crippen molar-refractivity contribution in [3.63, 3.8) is 0 Å². The van der Waals surface area contributed by atoms with Crippen molar-refractivity contribution < 1.29 is 9.47 Å². The summed E-state index contributed by atoms with van der Waals surface area (Å²) in [4.78, 5) is 0. The van der Waals surface area contributed by atoms with Gasteiger partial charge in [-0.15, -0.1) is 0 Å². The Morgan fingerprint density at radius 1 is 1.06 bits per heavy atom. The van der Waals surface area contributed by atoms with Crippen molar-refractivity contribution in [2.45, 2.75) is 69.8 Å². The van der Waals surface area contributed by atoms with Crippen molar-refractivity contribution in [2.24, 2.45) is 0 Å². The average Bonchev–Trinajstić information content (AvgIpc) is 2.17. The molecule has 18 heavy (non-hydrogen) atoms. The summed E-state index contributed by atoms with van der Waals surface area (Å²) < 4.78 is 11.0.